The van der Waals surface area contributed by atoms with Crippen LogP contribution >= 0.6 is 0 Å². The minimum atomic E-state index is -0.334. The lowest BCUT2D eigenvalue weighted by molar-refractivity contribution is -0.111. The molecule has 0 aliphatic heterocycles. The minimum absolute atomic E-state index is 0.237. The standard InChI is InChI=1S/C22H21N7O2/c1-5-19(30)24-15-7-6-8-16(10-15)29-20(31)9-13(2)17-11-23-22(26-21(17)29)25-18-12-28(4)27-14(18)3/h5-12H,1H2,2-4H3,(H,24,30)(H,23,25,26). The molecule has 0 radical (unpaired) electrons. The molecule has 2 N–H and O–H groups in total. The first-order valence-corrected chi connectivity index (χ1v) is 9.56. The maximum Gasteiger partial charge on any atom is 0.257 e. The van der Waals surface area contributed by atoms with Gasteiger partial charge in [-0.25, -0.2) is 4.98 Å². The largest absolute Gasteiger partial charge is 0.322 e. The Morgan fingerprint density at radius 3 is 2.74 bits per heavy atom. The third kappa shape index (κ3) is 3.93. The van der Waals surface area contributed by atoms with Crippen LogP contribution in [0.5, 0.6) is 0 Å². The van der Waals surface area contributed by atoms with Crippen molar-refractivity contribution < 1.29 is 4.79 Å². The Balaban J connectivity index is 1.86. The number of aryl methyl sites for hydroxylation is 3. The van der Waals surface area contributed by atoms with E-state index in [1.807, 2.05) is 27.1 Å². The number of anilines is 3. The summed E-state index contributed by atoms with van der Waals surface area (Å²) in [7, 11) is 1.83. The highest BCUT2D eigenvalue weighted by Crippen LogP contribution is 2.22. The molecule has 31 heavy (non-hydrogen) atoms. The van der Waals surface area contributed by atoms with E-state index in [-0.39, 0.29) is 11.5 Å². The Morgan fingerprint density at radius 1 is 1.23 bits per heavy atom. The van der Waals surface area contributed by atoms with Gasteiger partial charge in [0.2, 0.25) is 11.9 Å². The lowest BCUT2D eigenvalue weighted by Crippen LogP contribution is -2.20. The maximum atomic E-state index is 12.9. The van der Waals surface area contributed by atoms with E-state index in [9.17, 15) is 9.59 Å². The number of hydrogen-bond donors (Lipinski definition) is 2. The summed E-state index contributed by atoms with van der Waals surface area (Å²) >= 11 is 0. The van der Waals surface area contributed by atoms with Crippen LogP contribution in [0, 0.1) is 13.8 Å². The van der Waals surface area contributed by atoms with Crippen molar-refractivity contribution in [2.75, 3.05) is 10.6 Å². The average Bonchev–Trinajstić information content (AvgIpc) is 3.04. The van der Waals surface area contributed by atoms with Gasteiger partial charge in [-0.05, 0) is 43.7 Å². The van der Waals surface area contributed by atoms with E-state index in [1.54, 1.807) is 41.2 Å². The molecule has 4 aromatic rings. The Hall–Kier alpha value is -4.27. The number of benzene rings is 1. The van der Waals surface area contributed by atoms with E-state index in [1.165, 1.54) is 10.6 Å². The SMILES string of the molecule is C=CC(=O)Nc1cccc(-n2c(=O)cc(C)c3cnc(Nc4cn(C)nc4C)nc32)c1. The number of rotatable bonds is 5. The summed E-state index contributed by atoms with van der Waals surface area (Å²) in [4.78, 5) is 33.6. The van der Waals surface area contributed by atoms with Gasteiger partial charge in [-0.3, -0.25) is 18.8 Å². The monoisotopic (exact) mass is 415 g/mol. The van der Waals surface area contributed by atoms with Gasteiger partial charge in [0.15, 0.2) is 5.65 Å². The topological polar surface area (TPSA) is 107 Å². The summed E-state index contributed by atoms with van der Waals surface area (Å²) in [6.07, 6.45) is 4.70. The minimum Gasteiger partial charge on any atom is -0.322 e. The highest BCUT2D eigenvalue weighted by Gasteiger charge is 2.13. The van der Waals surface area contributed by atoms with Crippen molar-refractivity contribution in [2.45, 2.75) is 13.8 Å². The predicted molar refractivity (Wildman–Crippen MR) is 120 cm³/mol. The van der Waals surface area contributed by atoms with Gasteiger partial charge in [0.05, 0.1) is 17.1 Å². The van der Waals surface area contributed by atoms with E-state index in [0.29, 0.717) is 23.0 Å². The second kappa shape index (κ2) is 7.86. The fourth-order valence-electron chi connectivity index (χ4n) is 3.32. The Labute approximate surface area is 178 Å². The van der Waals surface area contributed by atoms with Crippen LogP contribution in [0.1, 0.15) is 11.3 Å². The third-order valence-electron chi connectivity index (χ3n) is 4.78. The summed E-state index contributed by atoms with van der Waals surface area (Å²) in [6.45, 7) is 7.18. The smallest absolute Gasteiger partial charge is 0.257 e. The van der Waals surface area contributed by atoms with Gasteiger partial charge in [-0.2, -0.15) is 10.1 Å². The molecule has 9 heteroatoms. The summed E-state index contributed by atoms with van der Waals surface area (Å²) < 4.78 is 3.19. The molecule has 0 aliphatic rings. The van der Waals surface area contributed by atoms with Crippen LogP contribution in [0.2, 0.25) is 0 Å². The van der Waals surface area contributed by atoms with Crippen molar-refractivity contribution in [2.24, 2.45) is 7.05 Å². The number of pyridine rings is 1. The summed E-state index contributed by atoms with van der Waals surface area (Å²) in [5.74, 6) is 0.0115. The van der Waals surface area contributed by atoms with Crippen LogP contribution in [0.3, 0.4) is 0 Å². The van der Waals surface area contributed by atoms with Crippen LogP contribution in [0.15, 0.2) is 60.2 Å². The molecule has 9 nitrogen and oxygen atoms in total. The van der Waals surface area contributed by atoms with Crippen LogP contribution in [0.25, 0.3) is 16.7 Å². The summed E-state index contributed by atoms with van der Waals surface area (Å²) in [6, 6.07) is 8.52. The molecule has 0 bridgehead atoms. The van der Waals surface area contributed by atoms with E-state index in [2.05, 4.69) is 32.3 Å². The molecular weight excluding hydrogens is 394 g/mol. The molecule has 4 rings (SSSR count). The fraction of sp³-hybridized carbons (Fsp3) is 0.136. The van der Waals surface area contributed by atoms with E-state index in [0.717, 1.165) is 22.3 Å². The normalized spacial score (nSPS) is 10.8. The molecule has 0 saturated heterocycles. The van der Waals surface area contributed by atoms with Crippen molar-refractivity contribution in [1.82, 2.24) is 24.3 Å². The zero-order valence-corrected chi connectivity index (χ0v) is 17.4. The number of amides is 1. The van der Waals surface area contributed by atoms with Gasteiger partial charge in [0.25, 0.3) is 5.56 Å². The Morgan fingerprint density at radius 2 is 2.03 bits per heavy atom. The Bertz CT molecular complexity index is 1380. The molecular formula is C22H21N7O2. The lowest BCUT2D eigenvalue weighted by atomic mass is 10.2. The number of nitrogens with zero attached hydrogens (tertiary/aromatic N) is 5. The molecule has 0 spiro atoms. The zero-order chi connectivity index (χ0) is 22.1. The van der Waals surface area contributed by atoms with Gasteiger partial charge in [0, 0.05) is 36.6 Å². The van der Waals surface area contributed by atoms with E-state index >= 15 is 0 Å². The number of nitrogens with one attached hydrogen (secondary N) is 2. The number of carbonyl (C=O) groups excluding carboxylic acids is 1. The Kier molecular flexibility index (Phi) is 5.08. The zero-order valence-electron chi connectivity index (χ0n) is 17.4. The van der Waals surface area contributed by atoms with Crippen LogP contribution < -0.4 is 16.2 Å². The number of carbonyl (C=O) groups is 1. The molecule has 0 atom stereocenters. The average molecular weight is 415 g/mol. The van der Waals surface area contributed by atoms with Gasteiger partial charge in [-0.15, -0.1) is 0 Å². The van der Waals surface area contributed by atoms with Crippen molar-refractivity contribution in [3.63, 3.8) is 0 Å². The predicted octanol–water partition coefficient (Wildman–Crippen LogP) is 3.00. The van der Waals surface area contributed by atoms with Gasteiger partial charge in [-0.1, -0.05) is 12.6 Å². The maximum absolute atomic E-state index is 12.9. The molecule has 0 fully saturated rings. The van der Waals surface area contributed by atoms with Crippen molar-refractivity contribution in [3.8, 4) is 5.69 Å². The first-order valence-electron chi connectivity index (χ1n) is 9.56. The van der Waals surface area contributed by atoms with E-state index < -0.39 is 0 Å². The second-order valence-electron chi connectivity index (χ2n) is 7.10. The van der Waals surface area contributed by atoms with Crippen molar-refractivity contribution in [3.05, 3.63) is 77.0 Å². The summed E-state index contributed by atoms with van der Waals surface area (Å²) in [5, 5.41) is 10.9. The molecule has 156 valence electrons. The third-order valence-corrected chi connectivity index (χ3v) is 4.78. The molecule has 3 heterocycles. The van der Waals surface area contributed by atoms with Gasteiger partial charge in [0.1, 0.15) is 0 Å². The first-order chi connectivity index (χ1) is 14.9. The van der Waals surface area contributed by atoms with Gasteiger partial charge >= 0.3 is 0 Å². The van der Waals surface area contributed by atoms with Crippen molar-refractivity contribution >= 4 is 34.3 Å². The van der Waals surface area contributed by atoms with Crippen LogP contribution in [-0.4, -0.2) is 30.2 Å². The number of hydrogen-bond acceptors (Lipinski definition) is 6. The highest BCUT2D eigenvalue weighted by molar-refractivity contribution is 5.99. The first kappa shape index (κ1) is 20.0. The van der Waals surface area contributed by atoms with E-state index in [4.69, 9.17) is 0 Å². The number of aromatic nitrogens is 5. The molecule has 1 aromatic carbocycles. The quantitative estimate of drug-likeness (QED) is 0.485. The second-order valence-corrected chi connectivity index (χ2v) is 7.10. The molecule has 0 saturated carbocycles. The highest BCUT2D eigenvalue weighted by atomic mass is 16.1. The lowest BCUT2D eigenvalue weighted by Gasteiger charge is -2.13. The van der Waals surface area contributed by atoms with Crippen LogP contribution in [0.4, 0.5) is 17.3 Å². The molecule has 0 aliphatic carbocycles. The van der Waals surface area contributed by atoms with Crippen LogP contribution in [-0.2, 0) is 11.8 Å². The van der Waals surface area contributed by atoms with Crippen molar-refractivity contribution in [1.29, 1.82) is 0 Å². The fourth-order valence-corrected chi connectivity index (χ4v) is 3.32. The van der Waals surface area contributed by atoms with Gasteiger partial charge < -0.3 is 10.6 Å². The number of fused-ring (bicyclic) bond motifs is 1. The summed E-state index contributed by atoms with van der Waals surface area (Å²) in [5.41, 5.74) is 3.68. The molecule has 3 aromatic heterocycles. The molecule has 0 unspecified atom stereocenters. The molecule has 1 amide bonds.